The first kappa shape index (κ1) is 21.1. The van der Waals surface area contributed by atoms with Gasteiger partial charge in [0.25, 0.3) is 5.82 Å². The quantitative estimate of drug-likeness (QED) is 0.572. The van der Waals surface area contributed by atoms with Gasteiger partial charge in [-0.25, -0.2) is 9.18 Å². The van der Waals surface area contributed by atoms with Crippen LogP contribution in [0.5, 0.6) is 0 Å². The minimum Gasteiger partial charge on any atom is -0.444 e. The van der Waals surface area contributed by atoms with Gasteiger partial charge in [-0.3, -0.25) is 4.68 Å². The van der Waals surface area contributed by atoms with E-state index in [1.54, 1.807) is 26.8 Å². The predicted molar refractivity (Wildman–Crippen MR) is 98.6 cm³/mol. The molecule has 1 amide bonds. The van der Waals surface area contributed by atoms with Crippen LogP contribution < -0.4 is 0 Å². The highest BCUT2D eigenvalue weighted by molar-refractivity contribution is 5.84. The molecule has 12 heteroatoms. The van der Waals surface area contributed by atoms with Crippen LogP contribution in [0.25, 0.3) is 10.9 Å². The monoisotopic (exact) mass is 441 g/mol. The molecule has 1 aliphatic rings. The van der Waals surface area contributed by atoms with Crippen LogP contribution in [-0.2, 0) is 17.5 Å². The summed E-state index contributed by atoms with van der Waals surface area (Å²) in [6, 6.07) is 4.35. The number of halogens is 4. The van der Waals surface area contributed by atoms with Gasteiger partial charge in [-0.2, -0.15) is 23.3 Å². The van der Waals surface area contributed by atoms with Crippen LogP contribution in [0.3, 0.4) is 0 Å². The Kier molecular flexibility index (Phi) is 4.90. The third-order valence-electron chi connectivity index (χ3n) is 4.68. The molecule has 0 radical (unpaired) electrons. The molecular weight excluding hydrogens is 422 g/mol. The molecule has 0 unspecified atom stereocenters. The number of carbonyl (C=O) groups excluding carboxylic acids is 1. The minimum atomic E-state index is -4.73. The van der Waals surface area contributed by atoms with E-state index in [-0.39, 0.29) is 36.8 Å². The fraction of sp³-hybridized carbons (Fsp3) is 0.474. The van der Waals surface area contributed by atoms with Crippen LogP contribution in [-0.4, -0.2) is 49.6 Å². The Morgan fingerprint density at radius 2 is 1.97 bits per heavy atom. The maximum absolute atomic E-state index is 14.6. The molecule has 1 aromatic carbocycles. The summed E-state index contributed by atoms with van der Waals surface area (Å²) in [5.41, 5.74) is 0.142. The van der Waals surface area contributed by atoms with Crippen molar-refractivity contribution in [2.75, 3.05) is 13.1 Å². The van der Waals surface area contributed by atoms with Crippen LogP contribution >= 0.6 is 0 Å². The van der Waals surface area contributed by atoms with E-state index in [0.717, 1.165) is 0 Å². The summed E-state index contributed by atoms with van der Waals surface area (Å²) in [4.78, 5) is 17.0. The molecule has 31 heavy (non-hydrogen) atoms. The van der Waals surface area contributed by atoms with Crippen molar-refractivity contribution in [1.29, 1.82) is 0 Å². The van der Waals surface area contributed by atoms with Crippen molar-refractivity contribution < 1.29 is 31.6 Å². The van der Waals surface area contributed by atoms with Gasteiger partial charge in [0.05, 0.1) is 16.6 Å². The average molecular weight is 441 g/mol. The molecule has 8 nitrogen and oxygen atoms in total. The van der Waals surface area contributed by atoms with E-state index in [0.29, 0.717) is 11.2 Å². The van der Waals surface area contributed by atoms with E-state index < -0.39 is 29.5 Å². The number of ether oxygens (including phenoxy) is 1. The van der Waals surface area contributed by atoms with Crippen LogP contribution in [0.1, 0.15) is 44.1 Å². The normalized spacial score (nSPS) is 15.4. The number of benzene rings is 1. The molecule has 1 fully saturated rings. The molecule has 0 N–H and O–H groups in total. The Bertz CT molecular complexity index is 1130. The number of likely N-dealkylation sites (tertiary alicyclic amines) is 1. The summed E-state index contributed by atoms with van der Waals surface area (Å²) in [5, 5.41) is 7.56. The Balaban J connectivity index is 1.58. The first-order valence-corrected chi connectivity index (χ1v) is 9.45. The molecule has 0 spiro atoms. The van der Waals surface area contributed by atoms with Gasteiger partial charge in [0.2, 0.25) is 5.89 Å². The number of hydrogen-bond donors (Lipinski definition) is 0. The Hall–Kier alpha value is -3.18. The zero-order valence-electron chi connectivity index (χ0n) is 16.9. The topological polar surface area (TPSA) is 86.3 Å². The lowest BCUT2D eigenvalue weighted by Crippen LogP contribution is -2.50. The number of alkyl halides is 3. The smallest absolute Gasteiger partial charge is 0.444 e. The largest absolute Gasteiger partial charge is 0.455 e. The lowest BCUT2D eigenvalue weighted by Gasteiger charge is -2.39. The molecule has 0 bridgehead atoms. The third kappa shape index (κ3) is 4.19. The predicted octanol–water partition coefficient (Wildman–Crippen LogP) is 3.96. The van der Waals surface area contributed by atoms with Crippen LogP contribution in [0.15, 0.2) is 22.7 Å². The standard InChI is InChI=1S/C19H19F4N5O3/c1-18(2,3)30-17(29)27-7-10(8-27)15-14-11(20)5-4-6-12(14)28(25-15)9-13-24-16(26-31-13)19(21,22)23/h4-6,10H,7-9H2,1-3H3. The van der Waals surface area contributed by atoms with Gasteiger partial charge < -0.3 is 14.2 Å². The van der Waals surface area contributed by atoms with Crippen LogP contribution in [0.2, 0.25) is 0 Å². The maximum atomic E-state index is 14.6. The van der Waals surface area contributed by atoms with E-state index in [9.17, 15) is 22.4 Å². The van der Waals surface area contributed by atoms with Gasteiger partial charge in [0.1, 0.15) is 18.0 Å². The number of amides is 1. The second-order valence-corrected chi connectivity index (χ2v) is 8.27. The summed E-state index contributed by atoms with van der Waals surface area (Å²) in [6.45, 7) is 5.59. The lowest BCUT2D eigenvalue weighted by molar-refractivity contribution is -0.146. The average Bonchev–Trinajstić information content (AvgIpc) is 3.19. The summed E-state index contributed by atoms with van der Waals surface area (Å²) < 4.78 is 64.1. The summed E-state index contributed by atoms with van der Waals surface area (Å²) >= 11 is 0. The Morgan fingerprint density at radius 1 is 1.26 bits per heavy atom. The van der Waals surface area contributed by atoms with Crippen molar-refractivity contribution >= 4 is 17.0 Å². The van der Waals surface area contributed by atoms with Crippen LogP contribution in [0, 0.1) is 5.82 Å². The molecule has 0 saturated carbocycles. The van der Waals surface area contributed by atoms with Gasteiger partial charge in [0.15, 0.2) is 0 Å². The third-order valence-corrected chi connectivity index (χ3v) is 4.68. The van der Waals surface area contributed by atoms with Crippen LogP contribution in [0.4, 0.5) is 22.4 Å². The molecule has 1 aliphatic heterocycles. The fourth-order valence-corrected chi connectivity index (χ4v) is 3.31. The van der Waals surface area contributed by atoms with Crippen molar-refractivity contribution in [2.45, 2.75) is 45.0 Å². The van der Waals surface area contributed by atoms with Crippen molar-refractivity contribution in [1.82, 2.24) is 24.8 Å². The zero-order chi connectivity index (χ0) is 22.6. The van der Waals surface area contributed by atoms with E-state index >= 15 is 0 Å². The van der Waals surface area contributed by atoms with Gasteiger partial charge in [-0.1, -0.05) is 11.2 Å². The van der Waals surface area contributed by atoms with Gasteiger partial charge in [-0.05, 0) is 32.9 Å². The van der Waals surface area contributed by atoms with Crippen molar-refractivity contribution in [3.63, 3.8) is 0 Å². The number of fused-ring (bicyclic) bond motifs is 1. The number of aromatic nitrogens is 4. The minimum absolute atomic E-state index is 0.242. The summed E-state index contributed by atoms with van der Waals surface area (Å²) in [7, 11) is 0. The fourth-order valence-electron chi connectivity index (χ4n) is 3.31. The SMILES string of the molecule is CC(C)(C)OC(=O)N1CC(c2nn(Cc3nc(C(F)(F)F)no3)c3cccc(F)c23)C1. The first-order chi connectivity index (χ1) is 14.4. The summed E-state index contributed by atoms with van der Waals surface area (Å²) in [6.07, 6.45) is -5.21. The molecule has 0 atom stereocenters. The van der Waals surface area contributed by atoms with E-state index in [1.807, 2.05) is 0 Å². The molecule has 3 heterocycles. The van der Waals surface area contributed by atoms with Crippen molar-refractivity contribution in [3.05, 3.63) is 41.4 Å². The van der Waals surface area contributed by atoms with E-state index in [4.69, 9.17) is 4.74 Å². The Morgan fingerprint density at radius 3 is 2.58 bits per heavy atom. The molecule has 0 aliphatic carbocycles. The van der Waals surface area contributed by atoms with Gasteiger partial charge in [0, 0.05) is 19.0 Å². The number of nitrogens with zero attached hydrogens (tertiary/aromatic N) is 5. The Labute approximate surface area is 173 Å². The maximum Gasteiger partial charge on any atom is 0.455 e. The molecule has 3 aromatic rings. The highest BCUT2D eigenvalue weighted by Crippen LogP contribution is 2.34. The highest BCUT2D eigenvalue weighted by atomic mass is 19.4. The second kappa shape index (κ2) is 7.20. The van der Waals surface area contributed by atoms with E-state index in [2.05, 4.69) is 19.8 Å². The molecule has 166 valence electrons. The van der Waals surface area contributed by atoms with E-state index in [1.165, 1.54) is 21.7 Å². The number of carbonyl (C=O) groups is 1. The second-order valence-electron chi connectivity index (χ2n) is 8.27. The lowest BCUT2D eigenvalue weighted by atomic mass is 9.94. The molecule has 1 saturated heterocycles. The number of hydrogen-bond acceptors (Lipinski definition) is 6. The molecule has 2 aromatic heterocycles. The zero-order valence-corrected chi connectivity index (χ0v) is 16.9. The molecular formula is C19H19F4N5O3. The van der Waals surface area contributed by atoms with Gasteiger partial charge in [-0.15, -0.1) is 0 Å². The van der Waals surface area contributed by atoms with Crippen molar-refractivity contribution in [2.24, 2.45) is 0 Å². The number of rotatable bonds is 3. The highest BCUT2D eigenvalue weighted by Gasteiger charge is 2.39. The molecule has 4 rings (SSSR count). The van der Waals surface area contributed by atoms with Crippen molar-refractivity contribution in [3.8, 4) is 0 Å². The summed E-state index contributed by atoms with van der Waals surface area (Å²) in [5.74, 6) is -2.47. The van der Waals surface area contributed by atoms with Gasteiger partial charge >= 0.3 is 12.3 Å². The first-order valence-electron chi connectivity index (χ1n) is 9.45.